The monoisotopic (exact) mass is 264 g/mol. The summed E-state index contributed by atoms with van der Waals surface area (Å²) >= 11 is 0. The summed E-state index contributed by atoms with van der Waals surface area (Å²) in [5.74, 6) is -0.0337. The van der Waals surface area contributed by atoms with Gasteiger partial charge in [-0.1, -0.05) is 18.2 Å². The number of nitrogens with one attached hydrogen (secondary N) is 1. The van der Waals surface area contributed by atoms with Crippen LogP contribution in [0, 0.1) is 0 Å². The van der Waals surface area contributed by atoms with Gasteiger partial charge in [0.25, 0.3) is 5.91 Å². The zero-order valence-corrected chi connectivity index (χ0v) is 11.8. The Hall–Kier alpha value is -1.39. The summed E-state index contributed by atoms with van der Waals surface area (Å²) in [6, 6.07) is 7.59. The normalized spacial score (nSPS) is 10.7. The molecule has 1 aromatic rings. The van der Waals surface area contributed by atoms with Crippen LogP contribution in [0.4, 0.5) is 0 Å². The Bertz CT molecular complexity index is 391. The van der Waals surface area contributed by atoms with Crippen LogP contribution in [-0.2, 0) is 11.2 Å². The maximum absolute atomic E-state index is 12.0. The van der Waals surface area contributed by atoms with Crippen LogP contribution >= 0.6 is 0 Å². The lowest BCUT2D eigenvalue weighted by molar-refractivity contribution is 0.0757. The first kappa shape index (κ1) is 15.7. The fourth-order valence-corrected chi connectivity index (χ4v) is 1.80. The number of hydrogen-bond acceptors (Lipinski definition) is 3. The van der Waals surface area contributed by atoms with Crippen molar-refractivity contribution in [3.8, 4) is 0 Å². The molecule has 0 aliphatic rings. The molecule has 0 atom stereocenters. The Morgan fingerprint density at radius 3 is 2.79 bits per heavy atom. The minimum Gasteiger partial charge on any atom is -0.379 e. The lowest BCUT2D eigenvalue weighted by Gasteiger charge is -2.10. The highest BCUT2D eigenvalue weighted by Crippen LogP contribution is 2.08. The molecule has 0 aliphatic heterocycles. The summed E-state index contributed by atoms with van der Waals surface area (Å²) in [5, 5.41) is 2.91. The average Bonchev–Trinajstić information content (AvgIpc) is 2.39. The minimum atomic E-state index is -0.0337. The Kier molecular flexibility index (Phi) is 7.15. The van der Waals surface area contributed by atoms with E-state index in [2.05, 4.69) is 5.32 Å². The van der Waals surface area contributed by atoms with Gasteiger partial charge in [-0.05, 0) is 44.9 Å². The van der Waals surface area contributed by atoms with Gasteiger partial charge in [-0.15, -0.1) is 0 Å². The Morgan fingerprint density at radius 2 is 2.11 bits per heavy atom. The van der Waals surface area contributed by atoms with Crippen LogP contribution in [0.3, 0.4) is 0 Å². The van der Waals surface area contributed by atoms with E-state index in [4.69, 9.17) is 10.5 Å². The second-order valence-electron chi connectivity index (χ2n) is 4.72. The maximum atomic E-state index is 12.0. The van der Waals surface area contributed by atoms with E-state index in [1.54, 1.807) is 0 Å². The molecule has 0 aromatic heterocycles. The van der Waals surface area contributed by atoms with Crippen LogP contribution in [0.25, 0.3) is 0 Å². The van der Waals surface area contributed by atoms with E-state index in [0.29, 0.717) is 19.7 Å². The van der Waals surface area contributed by atoms with Crippen molar-refractivity contribution in [2.45, 2.75) is 32.8 Å². The lowest BCUT2D eigenvalue weighted by Crippen LogP contribution is -2.26. The number of hydrogen-bond donors (Lipinski definition) is 2. The second-order valence-corrected chi connectivity index (χ2v) is 4.72. The molecular formula is C15H24N2O2. The Morgan fingerprint density at radius 1 is 1.37 bits per heavy atom. The van der Waals surface area contributed by atoms with E-state index in [9.17, 15) is 4.79 Å². The summed E-state index contributed by atoms with van der Waals surface area (Å²) in [4.78, 5) is 12.0. The molecule has 0 aliphatic carbocycles. The van der Waals surface area contributed by atoms with Crippen LogP contribution in [-0.4, -0.2) is 31.7 Å². The molecule has 0 bridgehead atoms. The van der Waals surface area contributed by atoms with Crippen molar-refractivity contribution >= 4 is 5.91 Å². The van der Waals surface area contributed by atoms with Gasteiger partial charge in [-0.25, -0.2) is 0 Å². The standard InChI is InChI=1S/C15H24N2O2/c1-12(2)19-11-5-10-17-15(18)14-7-4-3-6-13(14)8-9-16/h3-4,6-7,12H,5,8-11,16H2,1-2H3,(H,17,18). The number of nitrogens with two attached hydrogens (primary N) is 1. The number of rotatable bonds is 8. The van der Waals surface area contributed by atoms with Crippen LogP contribution in [0.5, 0.6) is 0 Å². The van der Waals surface area contributed by atoms with Gasteiger partial charge in [0.05, 0.1) is 6.10 Å². The predicted molar refractivity (Wildman–Crippen MR) is 77.2 cm³/mol. The quantitative estimate of drug-likeness (QED) is 0.703. The van der Waals surface area contributed by atoms with Crippen LogP contribution in [0.1, 0.15) is 36.2 Å². The Labute approximate surface area is 115 Å². The van der Waals surface area contributed by atoms with Crippen molar-refractivity contribution in [3.05, 3.63) is 35.4 Å². The van der Waals surface area contributed by atoms with Crippen molar-refractivity contribution in [2.75, 3.05) is 19.7 Å². The zero-order valence-electron chi connectivity index (χ0n) is 11.8. The molecule has 1 rings (SSSR count). The van der Waals surface area contributed by atoms with E-state index < -0.39 is 0 Å². The smallest absolute Gasteiger partial charge is 0.251 e. The molecule has 1 amide bonds. The SMILES string of the molecule is CC(C)OCCCNC(=O)c1ccccc1CCN. The molecule has 19 heavy (non-hydrogen) atoms. The highest BCUT2D eigenvalue weighted by atomic mass is 16.5. The molecule has 0 spiro atoms. The first-order valence-electron chi connectivity index (χ1n) is 6.83. The third-order valence-electron chi connectivity index (χ3n) is 2.73. The highest BCUT2D eigenvalue weighted by Gasteiger charge is 2.09. The summed E-state index contributed by atoms with van der Waals surface area (Å²) in [5.41, 5.74) is 7.27. The summed E-state index contributed by atoms with van der Waals surface area (Å²) < 4.78 is 5.42. The Balaban J connectivity index is 2.41. The zero-order chi connectivity index (χ0) is 14.1. The number of carbonyl (C=O) groups excluding carboxylic acids is 1. The van der Waals surface area contributed by atoms with Crippen molar-refractivity contribution in [1.29, 1.82) is 0 Å². The van der Waals surface area contributed by atoms with E-state index in [-0.39, 0.29) is 12.0 Å². The van der Waals surface area contributed by atoms with Crippen molar-refractivity contribution in [3.63, 3.8) is 0 Å². The van der Waals surface area contributed by atoms with E-state index in [1.807, 2.05) is 38.1 Å². The van der Waals surface area contributed by atoms with Gasteiger partial charge >= 0.3 is 0 Å². The van der Waals surface area contributed by atoms with E-state index >= 15 is 0 Å². The summed E-state index contributed by atoms with van der Waals surface area (Å²) in [6.07, 6.45) is 1.78. The molecule has 106 valence electrons. The number of carbonyl (C=O) groups is 1. The summed E-state index contributed by atoms with van der Waals surface area (Å²) in [7, 11) is 0. The second kappa shape index (κ2) is 8.67. The van der Waals surface area contributed by atoms with Crippen molar-refractivity contribution in [1.82, 2.24) is 5.32 Å². The van der Waals surface area contributed by atoms with Crippen LogP contribution in [0.15, 0.2) is 24.3 Å². The van der Waals surface area contributed by atoms with Crippen molar-refractivity contribution < 1.29 is 9.53 Å². The van der Waals surface area contributed by atoms with Crippen molar-refractivity contribution in [2.24, 2.45) is 5.73 Å². The fraction of sp³-hybridized carbons (Fsp3) is 0.533. The predicted octanol–water partition coefficient (Wildman–Crippen LogP) is 1.73. The van der Waals surface area contributed by atoms with E-state index in [0.717, 1.165) is 24.0 Å². The van der Waals surface area contributed by atoms with Gasteiger partial charge in [0.15, 0.2) is 0 Å². The van der Waals surface area contributed by atoms with Gasteiger partial charge in [0, 0.05) is 18.7 Å². The van der Waals surface area contributed by atoms with Crippen LogP contribution < -0.4 is 11.1 Å². The molecule has 0 saturated carbocycles. The fourth-order valence-electron chi connectivity index (χ4n) is 1.80. The molecule has 0 radical (unpaired) electrons. The topological polar surface area (TPSA) is 64.3 Å². The highest BCUT2D eigenvalue weighted by molar-refractivity contribution is 5.95. The maximum Gasteiger partial charge on any atom is 0.251 e. The third-order valence-corrected chi connectivity index (χ3v) is 2.73. The first-order chi connectivity index (χ1) is 9.15. The lowest BCUT2D eigenvalue weighted by atomic mass is 10.0. The molecule has 0 unspecified atom stereocenters. The third kappa shape index (κ3) is 5.85. The van der Waals surface area contributed by atoms with E-state index in [1.165, 1.54) is 0 Å². The molecule has 4 nitrogen and oxygen atoms in total. The average molecular weight is 264 g/mol. The number of amides is 1. The first-order valence-corrected chi connectivity index (χ1v) is 6.83. The molecule has 4 heteroatoms. The molecule has 0 heterocycles. The molecule has 0 saturated heterocycles. The number of benzene rings is 1. The van der Waals surface area contributed by atoms with Gasteiger partial charge in [0.2, 0.25) is 0 Å². The minimum absolute atomic E-state index is 0.0337. The van der Waals surface area contributed by atoms with Gasteiger partial charge in [0.1, 0.15) is 0 Å². The largest absolute Gasteiger partial charge is 0.379 e. The molecule has 3 N–H and O–H groups in total. The van der Waals surface area contributed by atoms with Crippen LogP contribution in [0.2, 0.25) is 0 Å². The summed E-state index contributed by atoms with van der Waals surface area (Å²) in [6.45, 7) is 5.85. The molecular weight excluding hydrogens is 240 g/mol. The molecule has 1 aromatic carbocycles. The molecule has 0 fully saturated rings. The number of ether oxygens (including phenoxy) is 1. The van der Waals surface area contributed by atoms with Gasteiger partial charge < -0.3 is 15.8 Å². The van der Waals surface area contributed by atoms with Gasteiger partial charge in [-0.3, -0.25) is 4.79 Å². The van der Waals surface area contributed by atoms with Gasteiger partial charge in [-0.2, -0.15) is 0 Å².